The Labute approximate surface area is 167 Å². The Morgan fingerprint density at radius 2 is 2.00 bits per heavy atom. The number of carbonyl (C=O) groups is 1. The zero-order valence-electron chi connectivity index (χ0n) is 17.4. The molecule has 1 fully saturated rings. The summed E-state index contributed by atoms with van der Waals surface area (Å²) in [4.78, 5) is 19.1. The van der Waals surface area contributed by atoms with Crippen LogP contribution in [0.2, 0.25) is 0 Å². The maximum atomic E-state index is 12.3. The summed E-state index contributed by atoms with van der Waals surface area (Å²) >= 11 is 0. The molecule has 1 aliphatic rings. The van der Waals surface area contributed by atoms with Crippen molar-refractivity contribution in [3.05, 3.63) is 41.5 Å². The third-order valence-corrected chi connectivity index (χ3v) is 5.56. The molecule has 3 rings (SSSR count). The topological polar surface area (TPSA) is 71.3 Å². The van der Waals surface area contributed by atoms with Gasteiger partial charge >= 0.3 is 0 Å². The predicted octanol–water partition coefficient (Wildman–Crippen LogP) is 3.89. The molecular weight excluding hydrogens is 352 g/mol. The number of aromatic nitrogens is 2. The van der Waals surface area contributed by atoms with Crippen molar-refractivity contribution in [3.8, 4) is 0 Å². The third-order valence-electron chi connectivity index (χ3n) is 5.56. The Bertz CT molecular complexity index is 776. The molecule has 1 amide bonds. The summed E-state index contributed by atoms with van der Waals surface area (Å²) in [6.45, 7) is 12.1. The van der Waals surface area contributed by atoms with E-state index in [1.807, 2.05) is 26.0 Å². The lowest BCUT2D eigenvalue weighted by molar-refractivity contribution is -0.116. The van der Waals surface area contributed by atoms with Gasteiger partial charge in [-0.2, -0.15) is 4.98 Å². The largest absolute Gasteiger partial charge is 0.339 e. The van der Waals surface area contributed by atoms with E-state index in [0.29, 0.717) is 24.6 Å². The monoisotopic (exact) mass is 384 g/mol. The molecule has 1 aliphatic heterocycles. The fraction of sp³-hybridized carbons (Fsp3) is 0.591. The molecule has 1 saturated heterocycles. The van der Waals surface area contributed by atoms with Crippen molar-refractivity contribution in [1.29, 1.82) is 0 Å². The molecule has 2 heterocycles. The van der Waals surface area contributed by atoms with Crippen molar-refractivity contribution < 1.29 is 9.32 Å². The van der Waals surface area contributed by atoms with Crippen molar-refractivity contribution >= 4 is 11.6 Å². The molecule has 0 bridgehead atoms. The van der Waals surface area contributed by atoms with E-state index in [1.165, 1.54) is 18.7 Å². The van der Waals surface area contributed by atoms with Gasteiger partial charge < -0.3 is 14.7 Å². The lowest BCUT2D eigenvalue weighted by Crippen LogP contribution is -2.23. The number of anilines is 1. The highest BCUT2D eigenvalue weighted by molar-refractivity contribution is 5.90. The molecule has 0 radical (unpaired) electrons. The molecule has 0 aliphatic carbocycles. The third kappa shape index (κ3) is 5.64. The summed E-state index contributed by atoms with van der Waals surface area (Å²) in [6.07, 6.45) is 1.78. The van der Waals surface area contributed by atoms with Gasteiger partial charge in [-0.1, -0.05) is 45.0 Å². The van der Waals surface area contributed by atoms with E-state index in [-0.39, 0.29) is 11.8 Å². The van der Waals surface area contributed by atoms with E-state index < -0.39 is 0 Å². The Hall–Kier alpha value is -2.21. The minimum atomic E-state index is -0.0383. The average Bonchev–Trinajstić information content (AvgIpc) is 3.26. The number of likely N-dealkylation sites (tertiary alicyclic amines) is 1. The number of hydrogen-bond acceptors (Lipinski definition) is 5. The minimum absolute atomic E-state index is 0.0383. The molecule has 152 valence electrons. The van der Waals surface area contributed by atoms with Crippen LogP contribution < -0.4 is 5.32 Å². The van der Waals surface area contributed by atoms with Gasteiger partial charge in [-0.15, -0.1) is 0 Å². The first-order valence-electron chi connectivity index (χ1n) is 10.3. The standard InChI is InChI=1S/C22H32N4O2/c1-15(2)22-24-21(28-25-22)9-8-20(27)23-19-7-5-6-18(12-19)10-11-26-13-16(3)17(4)14-26/h5-7,12,15-17H,8-11,13-14H2,1-4H3,(H,23,27)/t16-,17-/m0/s1. The van der Waals surface area contributed by atoms with Gasteiger partial charge in [0.15, 0.2) is 5.82 Å². The van der Waals surface area contributed by atoms with Gasteiger partial charge in [0.25, 0.3) is 0 Å². The summed E-state index contributed by atoms with van der Waals surface area (Å²) < 4.78 is 5.20. The zero-order chi connectivity index (χ0) is 20.1. The fourth-order valence-corrected chi connectivity index (χ4v) is 3.57. The molecule has 2 aromatic rings. The fourth-order valence-electron chi connectivity index (χ4n) is 3.57. The van der Waals surface area contributed by atoms with Crippen LogP contribution in [0.15, 0.2) is 28.8 Å². The summed E-state index contributed by atoms with van der Waals surface area (Å²) in [5.41, 5.74) is 2.10. The summed E-state index contributed by atoms with van der Waals surface area (Å²) in [5, 5.41) is 6.91. The first kappa shape index (κ1) is 20.5. The van der Waals surface area contributed by atoms with Crippen molar-refractivity contribution in [2.75, 3.05) is 25.0 Å². The number of rotatable bonds is 8. The quantitative estimate of drug-likeness (QED) is 0.747. The summed E-state index contributed by atoms with van der Waals surface area (Å²) in [6, 6.07) is 8.15. The van der Waals surface area contributed by atoms with Crippen LogP contribution >= 0.6 is 0 Å². The van der Waals surface area contributed by atoms with Gasteiger partial charge in [0.2, 0.25) is 11.8 Å². The van der Waals surface area contributed by atoms with Crippen LogP contribution in [-0.2, 0) is 17.6 Å². The second kappa shape index (κ2) is 9.32. The van der Waals surface area contributed by atoms with Crippen molar-refractivity contribution in [3.63, 3.8) is 0 Å². The predicted molar refractivity (Wildman–Crippen MR) is 110 cm³/mol. The van der Waals surface area contributed by atoms with E-state index in [4.69, 9.17) is 4.52 Å². The van der Waals surface area contributed by atoms with Gasteiger partial charge in [-0.05, 0) is 36.0 Å². The molecule has 1 aromatic carbocycles. The molecular formula is C22H32N4O2. The number of benzene rings is 1. The minimum Gasteiger partial charge on any atom is -0.339 e. The Kier molecular flexibility index (Phi) is 6.83. The van der Waals surface area contributed by atoms with Crippen molar-refractivity contribution in [2.45, 2.75) is 52.9 Å². The number of amides is 1. The Morgan fingerprint density at radius 1 is 1.25 bits per heavy atom. The number of aryl methyl sites for hydroxylation is 1. The van der Waals surface area contributed by atoms with Crippen LogP contribution in [0.4, 0.5) is 5.69 Å². The van der Waals surface area contributed by atoms with E-state index in [0.717, 1.165) is 30.5 Å². The maximum Gasteiger partial charge on any atom is 0.227 e. The number of hydrogen-bond donors (Lipinski definition) is 1. The first-order valence-corrected chi connectivity index (χ1v) is 10.3. The van der Waals surface area contributed by atoms with Crippen LogP contribution in [0.25, 0.3) is 0 Å². The van der Waals surface area contributed by atoms with Gasteiger partial charge in [-0.3, -0.25) is 4.79 Å². The van der Waals surface area contributed by atoms with E-state index >= 15 is 0 Å². The maximum absolute atomic E-state index is 12.3. The van der Waals surface area contributed by atoms with Crippen molar-refractivity contribution in [1.82, 2.24) is 15.0 Å². The number of carbonyl (C=O) groups excluding carboxylic acids is 1. The molecule has 0 unspecified atom stereocenters. The lowest BCUT2D eigenvalue weighted by atomic mass is 10.0. The second-order valence-corrected chi connectivity index (χ2v) is 8.41. The number of nitrogens with zero attached hydrogens (tertiary/aromatic N) is 3. The van der Waals surface area contributed by atoms with Gasteiger partial charge in [-0.25, -0.2) is 0 Å². The highest BCUT2D eigenvalue weighted by atomic mass is 16.5. The normalized spacial score (nSPS) is 20.0. The summed E-state index contributed by atoms with van der Waals surface area (Å²) in [7, 11) is 0. The van der Waals surface area contributed by atoms with Crippen LogP contribution in [0.5, 0.6) is 0 Å². The zero-order valence-corrected chi connectivity index (χ0v) is 17.4. The molecule has 1 N–H and O–H groups in total. The SMILES string of the molecule is CC(C)c1noc(CCC(=O)Nc2cccc(CCN3C[C@H](C)[C@@H](C)C3)c2)n1. The van der Waals surface area contributed by atoms with E-state index in [1.54, 1.807) is 0 Å². The number of nitrogens with one attached hydrogen (secondary N) is 1. The van der Waals surface area contributed by atoms with Gasteiger partial charge in [0, 0.05) is 44.1 Å². The molecule has 6 nitrogen and oxygen atoms in total. The lowest BCUT2D eigenvalue weighted by Gasteiger charge is -2.15. The highest BCUT2D eigenvalue weighted by Crippen LogP contribution is 2.22. The van der Waals surface area contributed by atoms with E-state index in [2.05, 4.69) is 46.3 Å². The smallest absolute Gasteiger partial charge is 0.227 e. The van der Waals surface area contributed by atoms with Crippen LogP contribution in [0, 0.1) is 11.8 Å². The molecule has 1 aromatic heterocycles. The molecule has 2 atom stereocenters. The van der Waals surface area contributed by atoms with Gasteiger partial charge in [0.05, 0.1) is 0 Å². The second-order valence-electron chi connectivity index (χ2n) is 8.41. The first-order chi connectivity index (χ1) is 13.4. The average molecular weight is 385 g/mol. The molecule has 0 saturated carbocycles. The highest BCUT2D eigenvalue weighted by Gasteiger charge is 2.25. The van der Waals surface area contributed by atoms with E-state index in [9.17, 15) is 4.79 Å². The Balaban J connectivity index is 1.46. The van der Waals surface area contributed by atoms with Crippen LogP contribution in [0.1, 0.15) is 57.3 Å². The van der Waals surface area contributed by atoms with Gasteiger partial charge in [0.1, 0.15) is 0 Å². The molecule has 0 spiro atoms. The van der Waals surface area contributed by atoms with Crippen LogP contribution in [0.3, 0.4) is 0 Å². The summed E-state index contributed by atoms with van der Waals surface area (Å²) in [5.74, 6) is 2.94. The Morgan fingerprint density at radius 3 is 2.68 bits per heavy atom. The van der Waals surface area contributed by atoms with Crippen LogP contribution in [-0.4, -0.2) is 40.6 Å². The molecule has 6 heteroatoms. The van der Waals surface area contributed by atoms with Crippen molar-refractivity contribution in [2.24, 2.45) is 11.8 Å². The molecule has 28 heavy (non-hydrogen) atoms.